The summed E-state index contributed by atoms with van der Waals surface area (Å²) < 4.78 is 6.87. The van der Waals surface area contributed by atoms with Crippen molar-refractivity contribution in [2.75, 3.05) is 26.8 Å². The molecule has 0 atom stereocenters. The molecule has 0 aromatic carbocycles. The smallest absolute Gasteiger partial charge is 0.176 e. The van der Waals surface area contributed by atoms with Crippen LogP contribution < -0.4 is 0 Å². The summed E-state index contributed by atoms with van der Waals surface area (Å²) in [5.74, 6) is 1.63. The van der Waals surface area contributed by atoms with E-state index in [-0.39, 0.29) is 6.61 Å². The van der Waals surface area contributed by atoms with E-state index in [1.165, 1.54) is 25.7 Å². The first-order valence-electron chi connectivity index (χ1n) is 7.08. The molecule has 0 unspecified atom stereocenters. The first-order chi connectivity index (χ1) is 9.33. The molecule has 19 heavy (non-hydrogen) atoms. The summed E-state index contributed by atoms with van der Waals surface area (Å²) >= 11 is 0. The van der Waals surface area contributed by atoms with Crippen LogP contribution in [0.5, 0.6) is 0 Å². The van der Waals surface area contributed by atoms with Crippen LogP contribution in [0.15, 0.2) is 0 Å². The first kappa shape index (κ1) is 14.4. The Balaban J connectivity index is 2.03. The molecule has 0 amide bonds. The lowest BCUT2D eigenvalue weighted by molar-refractivity contribution is 0.177. The lowest BCUT2D eigenvalue weighted by Crippen LogP contribution is -2.26. The zero-order valence-electron chi connectivity index (χ0n) is 11.7. The molecule has 0 spiro atoms. The zero-order chi connectivity index (χ0) is 13.5. The lowest BCUT2D eigenvalue weighted by Gasteiger charge is -2.19. The number of aromatic nitrogens is 3. The standard InChI is InChI=1S/C13H24N4O2/c1-19-11-12-14-13(17(15-12)8-9-18)10-16-6-4-2-3-5-7-16/h18H,2-11H2,1H3. The molecule has 2 rings (SSSR count). The van der Waals surface area contributed by atoms with E-state index in [9.17, 15) is 0 Å². The van der Waals surface area contributed by atoms with Crippen molar-refractivity contribution in [3.8, 4) is 0 Å². The van der Waals surface area contributed by atoms with Gasteiger partial charge in [-0.25, -0.2) is 9.67 Å². The lowest BCUT2D eigenvalue weighted by atomic mass is 10.2. The van der Waals surface area contributed by atoms with Crippen LogP contribution in [0.2, 0.25) is 0 Å². The number of rotatable bonds is 6. The average molecular weight is 268 g/mol. The average Bonchev–Trinajstić information content (AvgIpc) is 2.62. The van der Waals surface area contributed by atoms with Crippen LogP contribution in [0.4, 0.5) is 0 Å². The Bertz CT molecular complexity index is 373. The van der Waals surface area contributed by atoms with Crippen molar-refractivity contribution in [2.45, 2.75) is 45.4 Å². The van der Waals surface area contributed by atoms with E-state index < -0.39 is 0 Å². The minimum absolute atomic E-state index is 0.0861. The van der Waals surface area contributed by atoms with Gasteiger partial charge in [0.25, 0.3) is 0 Å². The van der Waals surface area contributed by atoms with Crippen molar-refractivity contribution in [2.24, 2.45) is 0 Å². The highest BCUT2D eigenvalue weighted by Crippen LogP contribution is 2.12. The summed E-state index contributed by atoms with van der Waals surface area (Å²) in [7, 11) is 1.64. The minimum atomic E-state index is 0.0861. The van der Waals surface area contributed by atoms with Crippen LogP contribution in [0.1, 0.15) is 37.3 Å². The predicted molar refractivity (Wildman–Crippen MR) is 71.6 cm³/mol. The molecule has 1 N–H and O–H groups in total. The topological polar surface area (TPSA) is 63.4 Å². The minimum Gasteiger partial charge on any atom is -0.394 e. The zero-order valence-corrected chi connectivity index (χ0v) is 11.7. The van der Waals surface area contributed by atoms with Crippen LogP contribution in [0.25, 0.3) is 0 Å². The molecule has 1 aromatic rings. The molecule has 6 heteroatoms. The summed E-state index contributed by atoms with van der Waals surface area (Å²) in [4.78, 5) is 6.95. The number of hydrogen-bond donors (Lipinski definition) is 1. The van der Waals surface area contributed by atoms with E-state index in [0.29, 0.717) is 19.0 Å². The van der Waals surface area contributed by atoms with E-state index in [4.69, 9.17) is 9.84 Å². The maximum Gasteiger partial charge on any atom is 0.176 e. The largest absolute Gasteiger partial charge is 0.394 e. The summed E-state index contributed by atoms with van der Waals surface area (Å²) in [5, 5.41) is 13.5. The van der Waals surface area contributed by atoms with Gasteiger partial charge >= 0.3 is 0 Å². The highest BCUT2D eigenvalue weighted by Gasteiger charge is 2.15. The fourth-order valence-corrected chi connectivity index (χ4v) is 2.50. The second kappa shape index (κ2) is 7.57. The molecule has 1 saturated heterocycles. The van der Waals surface area contributed by atoms with Gasteiger partial charge in [-0.15, -0.1) is 0 Å². The van der Waals surface area contributed by atoms with Crippen molar-refractivity contribution in [3.05, 3.63) is 11.6 Å². The number of likely N-dealkylation sites (tertiary alicyclic amines) is 1. The van der Waals surface area contributed by atoms with Gasteiger partial charge in [-0.1, -0.05) is 12.8 Å². The molecule has 108 valence electrons. The van der Waals surface area contributed by atoms with Crippen molar-refractivity contribution in [1.29, 1.82) is 0 Å². The number of nitrogens with zero attached hydrogens (tertiary/aromatic N) is 4. The third-order valence-electron chi connectivity index (χ3n) is 3.44. The molecule has 0 saturated carbocycles. The number of methoxy groups -OCH3 is 1. The van der Waals surface area contributed by atoms with Crippen molar-refractivity contribution < 1.29 is 9.84 Å². The van der Waals surface area contributed by atoms with Gasteiger partial charge in [-0.2, -0.15) is 5.10 Å². The van der Waals surface area contributed by atoms with Gasteiger partial charge in [0.1, 0.15) is 12.4 Å². The van der Waals surface area contributed by atoms with Crippen LogP contribution in [0, 0.1) is 0 Å². The Morgan fingerprint density at radius 2 is 1.95 bits per heavy atom. The number of aliphatic hydroxyl groups is 1. The molecule has 1 aromatic heterocycles. The molecule has 6 nitrogen and oxygen atoms in total. The van der Waals surface area contributed by atoms with Crippen molar-refractivity contribution in [3.63, 3.8) is 0 Å². The van der Waals surface area contributed by atoms with E-state index in [0.717, 1.165) is 25.5 Å². The Morgan fingerprint density at radius 1 is 1.21 bits per heavy atom. The molecule has 1 aliphatic heterocycles. The molecule has 0 aliphatic carbocycles. The van der Waals surface area contributed by atoms with Gasteiger partial charge in [-0.05, 0) is 25.9 Å². The Kier molecular flexibility index (Phi) is 5.75. The molecular formula is C13H24N4O2. The quantitative estimate of drug-likeness (QED) is 0.826. The first-order valence-corrected chi connectivity index (χ1v) is 7.08. The molecule has 2 heterocycles. The van der Waals surface area contributed by atoms with Crippen LogP contribution >= 0.6 is 0 Å². The molecular weight excluding hydrogens is 244 g/mol. The number of hydrogen-bond acceptors (Lipinski definition) is 5. The van der Waals surface area contributed by atoms with Gasteiger partial charge in [0.15, 0.2) is 5.82 Å². The highest BCUT2D eigenvalue weighted by atomic mass is 16.5. The molecule has 1 aliphatic rings. The van der Waals surface area contributed by atoms with Gasteiger partial charge in [0.2, 0.25) is 0 Å². The van der Waals surface area contributed by atoms with Gasteiger partial charge in [0.05, 0.1) is 19.7 Å². The van der Waals surface area contributed by atoms with E-state index in [1.54, 1.807) is 11.8 Å². The Labute approximate surface area is 114 Å². The normalized spacial score (nSPS) is 17.6. The fourth-order valence-electron chi connectivity index (χ4n) is 2.50. The third-order valence-corrected chi connectivity index (χ3v) is 3.44. The van der Waals surface area contributed by atoms with Crippen molar-refractivity contribution >= 4 is 0 Å². The van der Waals surface area contributed by atoms with Crippen LogP contribution in [0.3, 0.4) is 0 Å². The number of aliphatic hydroxyl groups excluding tert-OH is 1. The van der Waals surface area contributed by atoms with E-state index >= 15 is 0 Å². The van der Waals surface area contributed by atoms with Gasteiger partial charge in [-0.3, -0.25) is 4.90 Å². The second-order valence-corrected chi connectivity index (χ2v) is 5.01. The van der Waals surface area contributed by atoms with Gasteiger partial charge in [0, 0.05) is 7.11 Å². The number of ether oxygens (including phenoxy) is 1. The van der Waals surface area contributed by atoms with Gasteiger partial charge < -0.3 is 9.84 Å². The Hall–Kier alpha value is -0.980. The highest BCUT2D eigenvalue weighted by molar-refractivity contribution is 4.93. The SMILES string of the molecule is COCc1nc(CN2CCCCCC2)n(CCO)n1. The molecule has 0 bridgehead atoms. The summed E-state index contributed by atoms with van der Waals surface area (Å²) in [6.45, 7) is 4.09. The molecule has 0 radical (unpaired) electrons. The Morgan fingerprint density at radius 3 is 2.58 bits per heavy atom. The van der Waals surface area contributed by atoms with E-state index in [1.807, 2.05) is 0 Å². The monoisotopic (exact) mass is 268 g/mol. The second-order valence-electron chi connectivity index (χ2n) is 5.01. The summed E-state index contributed by atoms with van der Waals surface area (Å²) in [5.41, 5.74) is 0. The maximum absolute atomic E-state index is 9.10. The van der Waals surface area contributed by atoms with Crippen LogP contribution in [-0.4, -0.2) is 51.6 Å². The fraction of sp³-hybridized carbons (Fsp3) is 0.846. The summed E-state index contributed by atoms with van der Waals surface area (Å²) in [6, 6.07) is 0. The van der Waals surface area contributed by atoms with Crippen molar-refractivity contribution in [1.82, 2.24) is 19.7 Å². The van der Waals surface area contributed by atoms with E-state index in [2.05, 4.69) is 15.0 Å². The maximum atomic E-state index is 9.10. The summed E-state index contributed by atoms with van der Waals surface area (Å²) in [6.07, 6.45) is 5.18. The van der Waals surface area contributed by atoms with Crippen LogP contribution in [-0.2, 0) is 24.4 Å². The third kappa shape index (κ3) is 4.26. The molecule has 1 fully saturated rings. The predicted octanol–water partition coefficient (Wildman–Crippen LogP) is 0.793.